The number of nitrogens with one attached hydrogen (secondary N) is 1. The summed E-state index contributed by atoms with van der Waals surface area (Å²) in [6.45, 7) is 7.89. The van der Waals surface area contributed by atoms with Crippen molar-refractivity contribution in [1.82, 2.24) is 10.2 Å². The van der Waals surface area contributed by atoms with Crippen molar-refractivity contribution in [3.8, 4) is 0 Å². The number of anilines is 1. The number of benzene rings is 1. The second kappa shape index (κ2) is 8.59. The van der Waals surface area contributed by atoms with Crippen molar-refractivity contribution in [2.75, 3.05) is 45.2 Å². The lowest BCUT2D eigenvalue weighted by Gasteiger charge is -2.23. The molecule has 0 aliphatic rings. The van der Waals surface area contributed by atoms with E-state index in [4.69, 9.17) is 0 Å². The van der Waals surface area contributed by atoms with Crippen LogP contribution in [-0.4, -0.2) is 51.1 Å². The van der Waals surface area contributed by atoms with Crippen LogP contribution in [0, 0.1) is 0 Å². The molecule has 1 amide bonds. The van der Waals surface area contributed by atoms with Gasteiger partial charge in [0.25, 0.3) is 5.91 Å². The second-order valence-corrected chi connectivity index (χ2v) is 4.96. The fourth-order valence-corrected chi connectivity index (χ4v) is 2.16. The summed E-state index contributed by atoms with van der Waals surface area (Å²) in [6.07, 6.45) is 1.13. The van der Waals surface area contributed by atoms with Gasteiger partial charge in [0.1, 0.15) is 0 Å². The quantitative estimate of drug-likeness (QED) is 0.791. The molecule has 4 nitrogen and oxygen atoms in total. The van der Waals surface area contributed by atoms with Crippen molar-refractivity contribution in [2.45, 2.75) is 20.3 Å². The molecular weight excluding hydrogens is 250 g/mol. The summed E-state index contributed by atoms with van der Waals surface area (Å²) in [7, 11) is 3.73. The van der Waals surface area contributed by atoms with Gasteiger partial charge < -0.3 is 15.1 Å². The highest BCUT2D eigenvalue weighted by Crippen LogP contribution is 2.16. The van der Waals surface area contributed by atoms with Crippen LogP contribution in [0.1, 0.15) is 30.6 Å². The van der Waals surface area contributed by atoms with Crippen molar-refractivity contribution < 1.29 is 4.79 Å². The number of carbonyl (C=O) groups excluding carboxylic acids is 1. The molecule has 1 aromatic carbocycles. The van der Waals surface area contributed by atoms with E-state index in [1.165, 1.54) is 5.69 Å². The summed E-state index contributed by atoms with van der Waals surface area (Å²) < 4.78 is 0. The van der Waals surface area contributed by atoms with Crippen LogP contribution in [0.3, 0.4) is 0 Å². The molecule has 0 atom stereocenters. The van der Waals surface area contributed by atoms with E-state index in [9.17, 15) is 4.79 Å². The number of carbonyl (C=O) groups is 1. The largest absolute Gasteiger partial charge is 0.372 e. The highest BCUT2D eigenvalue weighted by atomic mass is 16.2. The molecule has 1 N–H and O–H groups in total. The Morgan fingerprint density at radius 2 is 1.80 bits per heavy atom. The molecule has 0 aliphatic heterocycles. The number of likely N-dealkylation sites (N-methyl/N-ethyl adjacent to an activating group) is 2. The smallest absolute Gasteiger partial charge is 0.253 e. The topological polar surface area (TPSA) is 35.6 Å². The monoisotopic (exact) mass is 277 g/mol. The molecule has 0 saturated heterocycles. The van der Waals surface area contributed by atoms with Crippen LogP contribution in [0.15, 0.2) is 24.3 Å². The van der Waals surface area contributed by atoms with E-state index in [-0.39, 0.29) is 5.91 Å². The lowest BCUT2D eigenvalue weighted by Crippen LogP contribution is -2.32. The zero-order valence-electron chi connectivity index (χ0n) is 13.1. The summed E-state index contributed by atoms with van der Waals surface area (Å²) >= 11 is 0. The Kier molecular flexibility index (Phi) is 7.09. The predicted octanol–water partition coefficient (Wildman–Crippen LogP) is 2.21. The van der Waals surface area contributed by atoms with Gasteiger partial charge in [-0.15, -0.1) is 0 Å². The zero-order chi connectivity index (χ0) is 15.0. The van der Waals surface area contributed by atoms with Crippen LogP contribution in [-0.2, 0) is 0 Å². The molecule has 0 saturated carbocycles. The maximum atomic E-state index is 12.2. The average molecular weight is 277 g/mol. The first-order valence-corrected chi connectivity index (χ1v) is 7.39. The van der Waals surface area contributed by atoms with E-state index in [1.807, 2.05) is 38.4 Å². The van der Waals surface area contributed by atoms with Crippen molar-refractivity contribution in [3.63, 3.8) is 0 Å². The normalized spacial score (nSPS) is 10.4. The van der Waals surface area contributed by atoms with Gasteiger partial charge in [0.05, 0.1) is 0 Å². The van der Waals surface area contributed by atoms with Crippen molar-refractivity contribution in [2.24, 2.45) is 0 Å². The molecule has 1 aromatic rings. The van der Waals surface area contributed by atoms with Gasteiger partial charge in [-0.3, -0.25) is 4.79 Å². The standard InChI is InChI=1S/C16H27N3O/c1-5-12-19(6-2)15-9-7-14(8-10-15)16(20)18(4)13-11-17-3/h7-10,17H,5-6,11-13H2,1-4H3. The van der Waals surface area contributed by atoms with Crippen molar-refractivity contribution in [3.05, 3.63) is 29.8 Å². The Hall–Kier alpha value is -1.55. The second-order valence-electron chi connectivity index (χ2n) is 4.96. The Balaban J connectivity index is 2.72. The maximum Gasteiger partial charge on any atom is 0.253 e. The first-order valence-electron chi connectivity index (χ1n) is 7.39. The number of hydrogen-bond donors (Lipinski definition) is 1. The van der Waals surface area contributed by atoms with Crippen LogP contribution in [0.4, 0.5) is 5.69 Å². The molecule has 20 heavy (non-hydrogen) atoms. The molecule has 0 heterocycles. The average Bonchev–Trinajstić information content (AvgIpc) is 2.49. The van der Waals surface area contributed by atoms with Crippen LogP contribution in [0.5, 0.6) is 0 Å². The summed E-state index contributed by atoms with van der Waals surface area (Å²) in [6, 6.07) is 7.92. The number of hydrogen-bond acceptors (Lipinski definition) is 3. The summed E-state index contributed by atoms with van der Waals surface area (Å²) in [4.78, 5) is 16.3. The SMILES string of the molecule is CCCN(CC)c1ccc(C(=O)N(C)CCNC)cc1. The van der Waals surface area contributed by atoms with Gasteiger partial charge in [0.15, 0.2) is 0 Å². The Bertz CT molecular complexity index is 403. The van der Waals surface area contributed by atoms with E-state index in [0.29, 0.717) is 6.54 Å². The van der Waals surface area contributed by atoms with E-state index in [0.717, 1.165) is 31.6 Å². The van der Waals surface area contributed by atoms with Gasteiger partial charge in [0, 0.05) is 44.5 Å². The Labute approximate surface area is 122 Å². The fraction of sp³-hybridized carbons (Fsp3) is 0.562. The van der Waals surface area contributed by atoms with Crippen molar-refractivity contribution in [1.29, 1.82) is 0 Å². The Morgan fingerprint density at radius 3 is 2.30 bits per heavy atom. The highest BCUT2D eigenvalue weighted by molar-refractivity contribution is 5.94. The van der Waals surface area contributed by atoms with E-state index in [1.54, 1.807) is 4.90 Å². The van der Waals surface area contributed by atoms with Crippen molar-refractivity contribution >= 4 is 11.6 Å². The highest BCUT2D eigenvalue weighted by Gasteiger charge is 2.11. The molecule has 1 rings (SSSR count). The van der Waals surface area contributed by atoms with Gasteiger partial charge in [-0.25, -0.2) is 0 Å². The molecule has 112 valence electrons. The molecule has 0 fully saturated rings. The van der Waals surface area contributed by atoms with E-state index >= 15 is 0 Å². The third-order valence-corrected chi connectivity index (χ3v) is 3.40. The van der Waals surface area contributed by atoms with Gasteiger partial charge >= 0.3 is 0 Å². The summed E-state index contributed by atoms with van der Waals surface area (Å²) in [5, 5.41) is 3.05. The summed E-state index contributed by atoms with van der Waals surface area (Å²) in [5.74, 6) is 0.0744. The lowest BCUT2D eigenvalue weighted by atomic mass is 10.1. The van der Waals surface area contributed by atoms with Crippen LogP contribution < -0.4 is 10.2 Å². The third-order valence-electron chi connectivity index (χ3n) is 3.40. The molecule has 0 aromatic heterocycles. The zero-order valence-corrected chi connectivity index (χ0v) is 13.1. The number of amides is 1. The molecule has 4 heteroatoms. The van der Waals surface area contributed by atoms with Crippen LogP contribution in [0.2, 0.25) is 0 Å². The third kappa shape index (κ3) is 4.53. The first kappa shape index (κ1) is 16.5. The molecule has 0 unspecified atom stereocenters. The molecule has 0 spiro atoms. The molecular formula is C16H27N3O. The van der Waals surface area contributed by atoms with Crippen LogP contribution >= 0.6 is 0 Å². The summed E-state index contributed by atoms with van der Waals surface area (Å²) in [5.41, 5.74) is 1.93. The Morgan fingerprint density at radius 1 is 1.15 bits per heavy atom. The number of nitrogens with zero attached hydrogens (tertiary/aromatic N) is 2. The van der Waals surface area contributed by atoms with Gasteiger partial charge in [-0.2, -0.15) is 0 Å². The molecule has 0 bridgehead atoms. The van der Waals surface area contributed by atoms with Gasteiger partial charge in [0.2, 0.25) is 0 Å². The van der Waals surface area contributed by atoms with Gasteiger partial charge in [-0.1, -0.05) is 6.92 Å². The minimum atomic E-state index is 0.0744. The van der Waals surface area contributed by atoms with E-state index in [2.05, 4.69) is 24.1 Å². The molecule has 0 radical (unpaired) electrons. The van der Waals surface area contributed by atoms with Gasteiger partial charge in [-0.05, 0) is 44.7 Å². The fourth-order valence-electron chi connectivity index (χ4n) is 2.16. The van der Waals surface area contributed by atoms with Crippen LogP contribution in [0.25, 0.3) is 0 Å². The molecule has 0 aliphatic carbocycles. The lowest BCUT2D eigenvalue weighted by molar-refractivity contribution is 0.0797. The minimum absolute atomic E-state index is 0.0744. The maximum absolute atomic E-state index is 12.2. The number of rotatable bonds is 8. The minimum Gasteiger partial charge on any atom is -0.372 e. The predicted molar refractivity (Wildman–Crippen MR) is 85.5 cm³/mol. The van der Waals surface area contributed by atoms with E-state index < -0.39 is 0 Å². The first-order chi connectivity index (χ1) is 9.63.